The molecule has 19 heavy (non-hydrogen) atoms. The number of nitrogens with zero attached hydrogens (tertiary/aromatic N) is 1. The van der Waals surface area contributed by atoms with E-state index in [0.29, 0.717) is 5.69 Å². The van der Waals surface area contributed by atoms with E-state index >= 15 is 0 Å². The van der Waals surface area contributed by atoms with Crippen LogP contribution in [-0.2, 0) is 0 Å². The lowest BCUT2D eigenvalue weighted by atomic mass is 10.1. The van der Waals surface area contributed by atoms with E-state index in [1.807, 2.05) is 45.0 Å². The second-order valence-electron chi connectivity index (χ2n) is 5.42. The molecule has 0 aliphatic carbocycles. The first-order valence-corrected chi connectivity index (χ1v) is 6.16. The molecular weight excluding hydrogens is 240 g/mol. The van der Waals surface area contributed by atoms with Crippen LogP contribution in [0.5, 0.6) is 5.75 Å². The van der Waals surface area contributed by atoms with Crippen LogP contribution in [0.2, 0.25) is 0 Å². The standard InChI is InChI=1S/C15H18N2O2/c1-15(2,3)17-14(18)13-11-6-5-7-12(19-4)10(11)8-9-16-13/h5-9H,1-4H3,(H,17,18). The summed E-state index contributed by atoms with van der Waals surface area (Å²) in [6.07, 6.45) is 1.63. The topological polar surface area (TPSA) is 51.2 Å². The quantitative estimate of drug-likeness (QED) is 0.901. The molecular formula is C15H18N2O2. The minimum absolute atomic E-state index is 0.175. The number of carbonyl (C=O) groups is 1. The highest BCUT2D eigenvalue weighted by Crippen LogP contribution is 2.26. The Morgan fingerprint density at radius 3 is 2.58 bits per heavy atom. The van der Waals surface area contributed by atoms with Gasteiger partial charge in [-0.05, 0) is 32.9 Å². The number of benzene rings is 1. The fourth-order valence-electron chi connectivity index (χ4n) is 1.94. The summed E-state index contributed by atoms with van der Waals surface area (Å²) in [7, 11) is 1.62. The third-order valence-corrected chi connectivity index (χ3v) is 2.69. The fraction of sp³-hybridized carbons (Fsp3) is 0.333. The van der Waals surface area contributed by atoms with E-state index in [-0.39, 0.29) is 11.4 Å². The van der Waals surface area contributed by atoms with Gasteiger partial charge in [0.1, 0.15) is 11.4 Å². The summed E-state index contributed by atoms with van der Waals surface area (Å²) in [6.45, 7) is 5.82. The number of methoxy groups -OCH3 is 1. The van der Waals surface area contributed by atoms with E-state index in [2.05, 4.69) is 10.3 Å². The minimum Gasteiger partial charge on any atom is -0.496 e. The van der Waals surface area contributed by atoms with Crippen LogP contribution in [0.3, 0.4) is 0 Å². The van der Waals surface area contributed by atoms with Gasteiger partial charge in [-0.25, -0.2) is 0 Å². The van der Waals surface area contributed by atoms with Gasteiger partial charge in [-0.3, -0.25) is 9.78 Å². The van der Waals surface area contributed by atoms with Gasteiger partial charge in [0.15, 0.2) is 0 Å². The van der Waals surface area contributed by atoms with Crippen LogP contribution in [0.25, 0.3) is 10.8 Å². The lowest BCUT2D eigenvalue weighted by Gasteiger charge is -2.20. The van der Waals surface area contributed by atoms with Crippen LogP contribution in [-0.4, -0.2) is 23.5 Å². The van der Waals surface area contributed by atoms with Crippen LogP contribution < -0.4 is 10.1 Å². The van der Waals surface area contributed by atoms with E-state index in [1.54, 1.807) is 13.3 Å². The van der Waals surface area contributed by atoms with Crippen molar-refractivity contribution in [2.45, 2.75) is 26.3 Å². The molecule has 0 unspecified atom stereocenters. The van der Waals surface area contributed by atoms with Crippen molar-refractivity contribution in [3.05, 3.63) is 36.2 Å². The summed E-state index contributed by atoms with van der Waals surface area (Å²) in [5.74, 6) is 0.566. The van der Waals surface area contributed by atoms with E-state index < -0.39 is 0 Å². The maximum atomic E-state index is 12.3. The monoisotopic (exact) mass is 258 g/mol. The zero-order valence-corrected chi connectivity index (χ0v) is 11.7. The average Bonchev–Trinajstić information content (AvgIpc) is 2.35. The molecule has 0 spiro atoms. The average molecular weight is 258 g/mol. The molecule has 0 saturated carbocycles. The van der Waals surface area contributed by atoms with Crippen molar-refractivity contribution >= 4 is 16.7 Å². The highest BCUT2D eigenvalue weighted by atomic mass is 16.5. The van der Waals surface area contributed by atoms with Gasteiger partial charge in [0.2, 0.25) is 0 Å². The van der Waals surface area contributed by atoms with Gasteiger partial charge >= 0.3 is 0 Å². The maximum absolute atomic E-state index is 12.3. The first-order valence-electron chi connectivity index (χ1n) is 6.16. The molecule has 0 bridgehead atoms. The summed E-state index contributed by atoms with van der Waals surface area (Å²) in [5, 5.41) is 4.61. The summed E-state index contributed by atoms with van der Waals surface area (Å²) in [4.78, 5) is 16.5. The van der Waals surface area contributed by atoms with Gasteiger partial charge in [-0.15, -0.1) is 0 Å². The van der Waals surface area contributed by atoms with Gasteiger partial charge in [0.25, 0.3) is 5.91 Å². The number of hydrogen-bond acceptors (Lipinski definition) is 3. The molecule has 1 aromatic heterocycles. The number of carbonyl (C=O) groups excluding carboxylic acids is 1. The van der Waals surface area contributed by atoms with Crippen LogP contribution >= 0.6 is 0 Å². The van der Waals surface area contributed by atoms with Gasteiger partial charge in [0, 0.05) is 22.5 Å². The Morgan fingerprint density at radius 2 is 1.95 bits per heavy atom. The Labute approximate surface area is 112 Å². The van der Waals surface area contributed by atoms with Crippen molar-refractivity contribution in [1.29, 1.82) is 0 Å². The van der Waals surface area contributed by atoms with Crippen molar-refractivity contribution in [2.75, 3.05) is 7.11 Å². The zero-order chi connectivity index (χ0) is 14.0. The van der Waals surface area contributed by atoms with Gasteiger partial charge < -0.3 is 10.1 Å². The third kappa shape index (κ3) is 2.84. The number of ether oxygens (including phenoxy) is 1. The second-order valence-corrected chi connectivity index (χ2v) is 5.42. The summed E-state index contributed by atoms with van der Waals surface area (Å²) in [5.41, 5.74) is 0.131. The van der Waals surface area contributed by atoms with Crippen molar-refractivity contribution in [2.24, 2.45) is 0 Å². The van der Waals surface area contributed by atoms with Gasteiger partial charge in [0.05, 0.1) is 7.11 Å². The highest BCUT2D eigenvalue weighted by molar-refractivity contribution is 6.06. The molecule has 1 N–H and O–H groups in total. The molecule has 0 atom stereocenters. The van der Waals surface area contributed by atoms with E-state index in [0.717, 1.165) is 16.5 Å². The lowest BCUT2D eigenvalue weighted by Crippen LogP contribution is -2.41. The predicted octanol–water partition coefficient (Wildman–Crippen LogP) is 2.77. The molecule has 4 nitrogen and oxygen atoms in total. The summed E-state index contributed by atoms with van der Waals surface area (Å²) >= 11 is 0. The maximum Gasteiger partial charge on any atom is 0.270 e. The number of fused-ring (bicyclic) bond motifs is 1. The Bertz CT molecular complexity index is 615. The van der Waals surface area contributed by atoms with Crippen LogP contribution in [0, 0.1) is 0 Å². The van der Waals surface area contributed by atoms with E-state index in [1.165, 1.54) is 0 Å². The molecule has 0 fully saturated rings. The van der Waals surface area contributed by atoms with E-state index in [9.17, 15) is 4.79 Å². The number of rotatable bonds is 2. The van der Waals surface area contributed by atoms with Crippen LogP contribution in [0.1, 0.15) is 31.3 Å². The molecule has 0 saturated heterocycles. The Morgan fingerprint density at radius 1 is 1.21 bits per heavy atom. The van der Waals surface area contributed by atoms with Crippen molar-refractivity contribution in [3.63, 3.8) is 0 Å². The molecule has 1 amide bonds. The molecule has 0 radical (unpaired) electrons. The Hall–Kier alpha value is -2.10. The van der Waals surface area contributed by atoms with Crippen molar-refractivity contribution in [1.82, 2.24) is 10.3 Å². The zero-order valence-electron chi connectivity index (χ0n) is 11.7. The van der Waals surface area contributed by atoms with Crippen LogP contribution in [0.4, 0.5) is 0 Å². The first kappa shape index (κ1) is 13.3. The SMILES string of the molecule is COc1cccc2c(C(=O)NC(C)(C)C)nccc12. The number of nitrogens with one attached hydrogen (secondary N) is 1. The van der Waals surface area contributed by atoms with Crippen LogP contribution in [0.15, 0.2) is 30.5 Å². The normalized spacial score (nSPS) is 11.4. The molecule has 1 aromatic carbocycles. The van der Waals surface area contributed by atoms with Crippen molar-refractivity contribution in [3.8, 4) is 5.75 Å². The van der Waals surface area contributed by atoms with Crippen molar-refractivity contribution < 1.29 is 9.53 Å². The highest BCUT2D eigenvalue weighted by Gasteiger charge is 2.18. The molecule has 0 aliphatic heterocycles. The molecule has 2 aromatic rings. The fourth-order valence-corrected chi connectivity index (χ4v) is 1.94. The number of hydrogen-bond donors (Lipinski definition) is 1. The lowest BCUT2D eigenvalue weighted by molar-refractivity contribution is 0.0916. The Kier molecular flexibility index (Phi) is 3.42. The third-order valence-electron chi connectivity index (χ3n) is 2.69. The smallest absolute Gasteiger partial charge is 0.270 e. The number of pyridine rings is 1. The van der Waals surface area contributed by atoms with E-state index in [4.69, 9.17) is 4.74 Å². The number of aromatic nitrogens is 1. The predicted molar refractivity (Wildman–Crippen MR) is 75.5 cm³/mol. The summed E-state index contributed by atoms with van der Waals surface area (Å²) in [6, 6.07) is 7.45. The molecule has 0 aliphatic rings. The Balaban J connectivity index is 2.53. The second kappa shape index (κ2) is 4.88. The largest absolute Gasteiger partial charge is 0.496 e. The van der Waals surface area contributed by atoms with Gasteiger partial charge in [-0.1, -0.05) is 12.1 Å². The molecule has 2 rings (SSSR count). The minimum atomic E-state index is -0.292. The van der Waals surface area contributed by atoms with Gasteiger partial charge in [-0.2, -0.15) is 0 Å². The first-order chi connectivity index (χ1) is 8.92. The molecule has 1 heterocycles. The molecule has 4 heteroatoms. The number of amides is 1. The summed E-state index contributed by atoms with van der Waals surface area (Å²) < 4.78 is 5.30. The molecule has 100 valence electrons.